The third kappa shape index (κ3) is 5.64. The van der Waals surface area contributed by atoms with Crippen LogP contribution >= 0.6 is 0 Å². The minimum absolute atomic E-state index is 0.252. The number of rotatable bonds is 7. The molecule has 0 saturated carbocycles. The van der Waals surface area contributed by atoms with E-state index in [0.29, 0.717) is 19.0 Å². The Kier molecular flexibility index (Phi) is 6.71. The van der Waals surface area contributed by atoms with E-state index in [2.05, 4.69) is 25.3 Å². The highest BCUT2D eigenvalue weighted by molar-refractivity contribution is 7.89. The number of guanidine groups is 1. The summed E-state index contributed by atoms with van der Waals surface area (Å²) in [4.78, 5) is 8.55. The highest BCUT2D eigenvalue weighted by atomic mass is 32.2. The molecule has 24 heavy (non-hydrogen) atoms. The van der Waals surface area contributed by atoms with Gasteiger partial charge in [0, 0.05) is 26.3 Å². The molecule has 0 bridgehead atoms. The van der Waals surface area contributed by atoms with E-state index in [1.54, 1.807) is 43.6 Å². The summed E-state index contributed by atoms with van der Waals surface area (Å²) in [5.74, 6) is 0.583. The Labute approximate surface area is 142 Å². The molecule has 0 aliphatic heterocycles. The summed E-state index contributed by atoms with van der Waals surface area (Å²) in [7, 11) is -1.83. The highest BCUT2D eigenvalue weighted by Gasteiger charge is 2.11. The molecule has 2 rings (SSSR count). The fourth-order valence-corrected chi connectivity index (χ4v) is 3.00. The number of aliphatic imine (C=N–C) groups is 1. The molecule has 1 aromatic heterocycles. The monoisotopic (exact) mass is 347 g/mol. The number of hydrogen-bond donors (Lipinski definition) is 3. The van der Waals surface area contributed by atoms with E-state index in [0.717, 1.165) is 5.69 Å². The molecule has 0 saturated heterocycles. The van der Waals surface area contributed by atoms with Crippen LogP contribution in [0.3, 0.4) is 0 Å². The molecule has 128 valence electrons. The number of aromatic nitrogens is 1. The first-order valence-corrected chi connectivity index (χ1v) is 8.99. The largest absolute Gasteiger partial charge is 0.355 e. The Morgan fingerprint density at radius 1 is 1.04 bits per heavy atom. The van der Waals surface area contributed by atoms with Gasteiger partial charge >= 0.3 is 0 Å². The van der Waals surface area contributed by atoms with Crippen LogP contribution in [0.15, 0.2) is 64.6 Å². The van der Waals surface area contributed by atoms with Crippen molar-refractivity contribution < 1.29 is 8.42 Å². The average molecular weight is 347 g/mol. The van der Waals surface area contributed by atoms with Gasteiger partial charge in [-0.1, -0.05) is 24.3 Å². The first-order valence-electron chi connectivity index (χ1n) is 7.51. The Bertz CT molecular complexity index is 749. The summed E-state index contributed by atoms with van der Waals surface area (Å²) in [5.41, 5.74) is 0.894. The van der Waals surface area contributed by atoms with Crippen molar-refractivity contribution >= 4 is 16.0 Å². The molecule has 0 amide bonds. The predicted octanol–water partition coefficient (Wildman–Crippen LogP) is 0.725. The topological polar surface area (TPSA) is 95.5 Å². The second kappa shape index (κ2) is 8.99. The molecule has 0 aliphatic carbocycles. The normalized spacial score (nSPS) is 12.0. The molecule has 7 nitrogen and oxygen atoms in total. The van der Waals surface area contributed by atoms with Gasteiger partial charge < -0.3 is 10.6 Å². The molecule has 0 spiro atoms. The zero-order valence-corrected chi connectivity index (χ0v) is 14.3. The van der Waals surface area contributed by atoms with Gasteiger partial charge in [-0.25, -0.2) is 13.1 Å². The molecule has 1 aromatic carbocycles. The molecule has 0 atom stereocenters. The first-order chi connectivity index (χ1) is 11.6. The fourth-order valence-electron chi connectivity index (χ4n) is 1.95. The molecular formula is C16H21N5O2S. The zero-order chi connectivity index (χ0) is 17.3. The van der Waals surface area contributed by atoms with Crippen molar-refractivity contribution in [3.05, 3.63) is 60.4 Å². The van der Waals surface area contributed by atoms with E-state index >= 15 is 0 Å². The maximum absolute atomic E-state index is 12.1. The summed E-state index contributed by atoms with van der Waals surface area (Å²) in [5, 5.41) is 6.16. The number of hydrogen-bond acceptors (Lipinski definition) is 4. The van der Waals surface area contributed by atoms with Gasteiger partial charge in [0.1, 0.15) is 0 Å². The SMILES string of the molecule is CN=C(NCCNS(=O)(=O)c1ccccc1)NCc1ccccn1. The molecular weight excluding hydrogens is 326 g/mol. The molecule has 0 unspecified atom stereocenters. The van der Waals surface area contributed by atoms with Crippen molar-refractivity contribution in [3.8, 4) is 0 Å². The second-order valence-corrected chi connectivity index (χ2v) is 6.65. The van der Waals surface area contributed by atoms with Crippen molar-refractivity contribution in [2.75, 3.05) is 20.1 Å². The van der Waals surface area contributed by atoms with E-state index in [1.165, 1.54) is 0 Å². The summed E-state index contributed by atoms with van der Waals surface area (Å²) in [6, 6.07) is 14.0. The number of benzene rings is 1. The molecule has 0 fully saturated rings. The van der Waals surface area contributed by atoms with Gasteiger partial charge in [-0.15, -0.1) is 0 Å². The van der Waals surface area contributed by atoms with Gasteiger partial charge in [-0.05, 0) is 24.3 Å². The van der Waals surface area contributed by atoms with Crippen LogP contribution in [-0.2, 0) is 16.6 Å². The Morgan fingerprint density at radius 2 is 1.79 bits per heavy atom. The van der Waals surface area contributed by atoms with E-state index in [-0.39, 0.29) is 11.4 Å². The quantitative estimate of drug-likeness (QED) is 0.390. The Balaban J connectivity index is 1.74. The van der Waals surface area contributed by atoms with Crippen LogP contribution in [0.5, 0.6) is 0 Å². The van der Waals surface area contributed by atoms with Crippen molar-refractivity contribution in [2.24, 2.45) is 4.99 Å². The van der Waals surface area contributed by atoms with E-state index in [4.69, 9.17) is 0 Å². The van der Waals surface area contributed by atoms with Crippen LogP contribution in [0.4, 0.5) is 0 Å². The highest BCUT2D eigenvalue weighted by Crippen LogP contribution is 2.06. The van der Waals surface area contributed by atoms with Crippen LogP contribution in [0.25, 0.3) is 0 Å². The third-order valence-corrected chi connectivity index (χ3v) is 4.63. The third-order valence-electron chi connectivity index (χ3n) is 3.15. The number of nitrogens with zero attached hydrogens (tertiary/aromatic N) is 2. The van der Waals surface area contributed by atoms with Gasteiger partial charge in [-0.3, -0.25) is 9.98 Å². The number of pyridine rings is 1. The van der Waals surface area contributed by atoms with Crippen molar-refractivity contribution in [1.82, 2.24) is 20.3 Å². The number of nitrogens with one attached hydrogen (secondary N) is 3. The zero-order valence-electron chi connectivity index (χ0n) is 13.4. The van der Waals surface area contributed by atoms with Gasteiger partial charge in [0.15, 0.2) is 5.96 Å². The summed E-state index contributed by atoms with van der Waals surface area (Å²) in [6.45, 7) is 1.20. The van der Waals surface area contributed by atoms with Crippen LogP contribution < -0.4 is 15.4 Å². The second-order valence-electron chi connectivity index (χ2n) is 4.88. The lowest BCUT2D eigenvalue weighted by Gasteiger charge is -2.12. The maximum atomic E-state index is 12.1. The average Bonchev–Trinajstić information content (AvgIpc) is 2.63. The van der Waals surface area contributed by atoms with E-state index in [9.17, 15) is 8.42 Å². The molecule has 0 aliphatic rings. The molecule has 3 N–H and O–H groups in total. The minimum atomic E-state index is -3.48. The van der Waals surface area contributed by atoms with Crippen LogP contribution in [0.1, 0.15) is 5.69 Å². The van der Waals surface area contributed by atoms with Crippen molar-refractivity contribution in [2.45, 2.75) is 11.4 Å². The fraction of sp³-hybridized carbons (Fsp3) is 0.250. The van der Waals surface area contributed by atoms with E-state index < -0.39 is 10.0 Å². The van der Waals surface area contributed by atoms with Crippen LogP contribution in [-0.4, -0.2) is 39.5 Å². The summed E-state index contributed by atoms with van der Waals surface area (Å²) in [6.07, 6.45) is 1.73. The van der Waals surface area contributed by atoms with E-state index in [1.807, 2.05) is 18.2 Å². The lowest BCUT2D eigenvalue weighted by atomic mass is 10.3. The van der Waals surface area contributed by atoms with Crippen molar-refractivity contribution in [1.29, 1.82) is 0 Å². The summed E-state index contributed by atoms with van der Waals surface area (Å²) < 4.78 is 26.7. The first kappa shape index (κ1) is 17.9. The lowest BCUT2D eigenvalue weighted by molar-refractivity contribution is 0.580. The molecule has 8 heteroatoms. The van der Waals surface area contributed by atoms with Crippen LogP contribution in [0, 0.1) is 0 Å². The standard InChI is InChI=1S/C16H21N5O2S/c1-17-16(20-13-14-7-5-6-10-18-14)19-11-12-21-24(22,23)15-8-3-2-4-9-15/h2-10,21H,11-13H2,1H3,(H2,17,19,20). The summed E-state index contributed by atoms with van der Waals surface area (Å²) >= 11 is 0. The predicted molar refractivity (Wildman–Crippen MR) is 94.1 cm³/mol. The minimum Gasteiger partial charge on any atom is -0.355 e. The smallest absolute Gasteiger partial charge is 0.240 e. The molecule has 1 heterocycles. The van der Waals surface area contributed by atoms with Crippen molar-refractivity contribution in [3.63, 3.8) is 0 Å². The maximum Gasteiger partial charge on any atom is 0.240 e. The Hall–Kier alpha value is -2.45. The van der Waals surface area contributed by atoms with Gasteiger partial charge in [0.25, 0.3) is 0 Å². The molecule has 2 aromatic rings. The van der Waals surface area contributed by atoms with Crippen LogP contribution in [0.2, 0.25) is 0 Å². The molecule has 0 radical (unpaired) electrons. The number of sulfonamides is 1. The van der Waals surface area contributed by atoms with Gasteiger partial charge in [-0.2, -0.15) is 0 Å². The Morgan fingerprint density at radius 3 is 2.46 bits per heavy atom. The lowest BCUT2D eigenvalue weighted by Crippen LogP contribution is -2.41. The van der Waals surface area contributed by atoms with Gasteiger partial charge in [0.2, 0.25) is 10.0 Å². The van der Waals surface area contributed by atoms with Gasteiger partial charge in [0.05, 0.1) is 17.1 Å².